The smallest absolute Gasteiger partial charge is 0.349 e. The van der Waals surface area contributed by atoms with Crippen LogP contribution < -0.4 is 5.32 Å². The summed E-state index contributed by atoms with van der Waals surface area (Å²) in [4.78, 5) is 12.2. The van der Waals surface area contributed by atoms with Crippen molar-refractivity contribution in [2.45, 2.75) is 25.5 Å². The third-order valence-electron chi connectivity index (χ3n) is 3.88. The van der Waals surface area contributed by atoms with Crippen molar-refractivity contribution in [3.05, 3.63) is 27.0 Å². The lowest BCUT2D eigenvalue weighted by Gasteiger charge is -2.25. The van der Waals surface area contributed by atoms with E-state index in [4.69, 9.17) is 14.9 Å². The number of anilines is 1. The number of nitrogens with one attached hydrogen (secondary N) is 2. The lowest BCUT2D eigenvalue weighted by molar-refractivity contribution is 0.0343. The molecule has 0 spiro atoms. The van der Waals surface area contributed by atoms with Gasteiger partial charge in [-0.2, -0.15) is 4.39 Å². The van der Waals surface area contributed by atoms with Crippen molar-refractivity contribution in [3.63, 3.8) is 0 Å². The quantitative estimate of drug-likeness (QED) is 0.562. The highest BCUT2D eigenvalue weighted by Gasteiger charge is 2.24. The third-order valence-corrected chi connectivity index (χ3v) is 6.17. The van der Waals surface area contributed by atoms with E-state index in [0.717, 1.165) is 30.6 Å². The van der Waals surface area contributed by atoms with E-state index in [1.807, 2.05) is 0 Å². The number of carbonyl (C=O) groups excluding carboxylic acids is 1. The maximum atomic E-state index is 14.0. The summed E-state index contributed by atoms with van der Waals surface area (Å²) < 4.78 is 25.4. The summed E-state index contributed by atoms with van der Waals surface area (Å²) in [5, 5.41) is 11.4. The molecule has 1 aromatic heterocycles. The molecule has 24 heavy (non-hydrogen) atoms. The molecule has 0 saturated carbocycles. The molecule has 0 bridgehead atoms. The monoisotopic (exact) mass is 414 g/mol. The van der Waals surface area contributed by atoms with Crippen molar-refractivity contribution >= 4 is 55.0 Å². The Morgan fingerprint density at radius 3 is 2.92 bits per heavy atom. The van der Waals surface area contributed by atoms with Crippen molar-refractivity contribution in [2.75, 3.05) is 19.0 Å². The Kier molecular flexibility index (Phi) is 5.17. The fourth-order valence-corrected chi connectivity index (χ4v) is 4.74. The summed E-state index contributed by atoms with van der Waals surface area (Å²) in [7, 11) is 1.30. The predicted octanol–water partition coefficient (Wildman–Crippen LogP) is 4.68. The summed E-state index contributed by atoms with van der Waals surface area (Å²) in [5.74, 6) is -1.55. The van der Waals surface area contributed by atoms with Gasteiger partial charge in [0, 0.05) is 17.7 Å². The SMILES string of the molecule is COC(=O)c1sc2c(C(=N)F)c(NC3CCCCO3)ccc2c1Br. The lowest BCUT2D eigenvalue weighted by atomic mass is 10.1. The van der Waals surface area contributed by atoms with E-state index in [9.17, 15) is 9.18 Å². The van der Waals surface area contributed by atoms with Gasteiger partial charge in [-0.25, -0.2) is 4.79 Å². The average molecular weight is 415 g/mol. The number of hydrogen-bond acceptors (Lipinski definition) is 6. The highest BCUT2D eigenvalue weighted by Crippen LogP contribution is 2.41. The highest BCUT2D eigenvalue weighted by atomic mass is 79.9. The number of carbonyl (C=O) groups is 1. The second kappa shape index (κ2) is 7.16. The second-order valence-corrected chi connectivity index (χ2v) is 7.23. The molecule has 128 valence electrons. The minimum absolute atomic E-state index is 0.141. The Bertz CT molecular complexity index is 802. The molecule has 0 amide bonds. The van der Waals surface area contributed by atoms with Crippen LogP contribution in [0.5, 0.6) is 0 Å². The number of thiophene rings is 1. The van der Waals surface area contributed by atoms with Gasteiger partial charge in [0.05, 0.1) is 21.8 Å². The Morgan fingerprint density at radius 1 is 1.50 bits per heavy atom. The van der Waals surface area contributed by atoms with Crippen molar-refractivity contribution in [1.82, 2.24) is 0 Å². The molecule has 1 atom stereocenters. The summed E-state index contributed by atoms with van der Waals surface area (Å²) in [6, 6.07) is 3.50. The molecule has 2 N–H and O–H groups in total. The molecule has 0 aliphatic carbocycles. The second-order valence-electron chi connectivity index (χ2n) is 5.42. The van der Waals surface area contributed by atoms with Crippen molar-refractivity contribution in [1.29, 1.82) is 5.41 Å². The first-order valence-corrected chi connectivity index (χ1v) is 9.09. The van der Waals surface area contributed by atoms with Crippen LogP contribution in [0.2, 0.25) is 0 Å². The molecule has 0 radical (unpaired) electrons. The van der Waals surface area contributed by atoms with Gasteiger partial charge in [0.15, 0.2) is 0 Å². The van der Waals surface area contributed by atoms with Crippen LogP contribution in [0.15, 0.2) is 16.6 Å². The van der Waals surface area contributed by atoms with Crippen molar-refractivity contribution < 1.29 is 18.7 Å². The van der Waals surface area contributed by atoms with Crippen LogP contribution in [0, 0.1) is 5.41 Å². The molecule has 2 heterocycles. The zero-order chi connectivity index (χ0) is 17.3. The first kappa shape index (κ1) is 17.3. The summed E-state index contributed by atoms with van der Waals surface area (Å²) in [5.41, 5.74) is 0.634. The van der Waals surface area contributed by atoms with E-state index in [-0.39, 0.29) is 11.8 Å². The number of benzene rings is 1. The predicted molar refractivity (Wildman–Crippen MR) is 96.0 cm³/mol. The van der Waals surface area contributed by atoms with Crippen LogP contribution >= 0.6 is 27.3 Å². The van der Waals surface area contributed by atoms with Crippen molar-refractivity contribution in [2.24, 2.45) is 0 Å². The fraction of sp³-hybridized carbons (Fsp3) is 0.375. The molecule has 1 aliphatic heterocycles. The zero-order valence-corrected chi connectivity index (χ0v) is 15.4. The van der Waals surface area contributed by atoms with Crippen LogP contribution in [0.4, 0.5) is 10.1 Å². The molecule has 1 aromatic carbocycles. The number of rotatable bonds is 4. The van der Waals surface area contributed by atoms with Gasteiger partial charge in [-0.1, -0.05) is 6.07 Å². The molecule has 1 fully saturated rings. The number of halogens is 2. The van der Waals surface area contributed by atoms with E-state index in [0.29, 0.717) is 31.7 Å². The zero-order valence-electron chi connectivity index (χ0n) is 12.9. The molecule has 3 rings (SSSR count). The standard InChI is InChI=1S/C16H16BrFN2O3S/c1-22-16(21)14-12(17)8-5-6-9(11(15(18)19)13(8)24-14)20-10-4-2-3-7-23-10/h5-6,10,19-20H,2-4,7H2,1H3. The van der Waals surface area contributed by atoms with E-state index < -0.39 is 11.9 Å². The first-order valence-electron chi connectivity index (χ1n) is 7.48. The van der Waals surface area contributed by atoms with Crippen LogP contribution in [0.25, 0.3) is 10.1 Å². The summed E-state index contributed by atoms with van der Waals surface area (Å²) >= 11 is 4.48. The van der Waals surface area contributed by atoms with Crippen LogP contribution in [0.1, 0.15) is 34.5 Å². The van der Waals surface area contributed by atoms with Gasteiger partial charge in [-0.15, -0.1) is 11.3 Å². The molecule has 8 heteroatoms. The molecule has 1 unspecified atom stereocenters. The minimum atomic E-state index is -1.05. The average Bonchev–Trinajstić information content (AvgIpc) is 2.91. The van der Waals surface area contributed by atoms with Crippen molar-refractivity contribution in [3.8, 4) is 0 Å². The molecular formula is C16H16BrFN2O3S. The van der Waals surface area contributed by atoms with Crippen LogP contribution in [0.3, 0.4) is 0 Å². The molecule has 1 saturated heterocycles. The molecule has 1 aliphatic rings. The van der Waals surface area contributed by atoms with Gasteiger partial charge in [-0.05, 0) is 41.3 Å². The van der Waals surface area contributed by atoms with E-state index in [1.165, 1.54) is 7.11 Å². The van der Waals surface area contributed by atoms with Crippen LogP contribution in [-0.2, 0) is 9.47 Å². The molecule has 2 aromatic rings. The Morgan fingerprint density at radius 2 is 2.29 bits per heavy atom. The number of methoxy groups -OCH3 is 1. The number of esters is 1. The van der Waals surface area contributed by atoms with Gasteiger partial charge in [0.1, 0.15) is 11.1 Å². The lowest BCUT2D eigenvalue weighted by Crippen LogP contribution is -2.27. The van der Waals surface area contributed by atoms with E-state index >= 15 is 0 Å². The maximum absolute atomic E-state index is 14.0. The summed E-state index contributed by atoms with van der Waals surface area (Å²) in [6.07, 6.45) is 2.69. The number of hydrogen-bond donors (Lipinski definition) is 2. The largest absolute Gasteiger partial charge is 0.465 e. The maximum Gasteiger partial charge on any atom is 0.349 e. The van der Waals surface area contributed by atoms with E-state index in [2.05, 4.69) is 21.2 Å². The summed E-state index contributed by atoms with van der Waals surface area (Å²) in [6.45, 7) is 0.666. The first-order chi connectivity index (χ1) is 11.5. The van der Waals surface area contributed by atoms with Gasteiger partial charge in [-0.3, -0.25) is 5.41 Å². The van der Waals surface area contributed by atoms with Gasteiger partial charge in [0.2, 0.25) is 5.97 Å². The Balaban J connectivity index is 2.08. The fourth-order valence-electron chi connectivity index (χ4n) is 2.72. The number of fused-ring (bicyclic) bond motifs is 1. The van der Waals surface area contributed by atoms with E-state index in [1.54, 1.807) is 12.1 Å². The Hall–Kier alpha value is -1.51. The molecule has 5 nitrogen and oxygen atoms in total. The minimum Gasteiger partial charge on any atom is -0.465 e. The Labute approximate surface area is 150 Å². The molecular weight excluding hydrogens is 399 g/mol. The topological polar surface area (TPSA) is 71.4 Å². The highest BCUT2D eigenvalue weighted by molar-refractivity contribution is 9.10. The van der Waals surface area contributed by atoms with Gasteiger partial charge in [0.25, 0.3) is 0 Å². The third kappa shape index (κ3) is 3.18. The van der Waals surface area contributed by atoms with Gasteiger partial charge >= 0.3 is 5.97 Å². The van der Waals surface area contributed by atoms with Crippen LogP contribution in [-0.4, -0.2) is 31.9 Å². The van der Waals surface area contributed by atoms with Gasteiger partial charge < -0.3 is 14.8 Å². The normalized spacial score (nSPS) is 17.7. The number of ether oxygens (including phenoxy) is 2.